The molecule has 0 bridgehead atoms. The predicted octanol–water partition coefficient (Wildman–Crippen LogP) is 1.88. The predicted molar refractivity (Wildman–Crippen MR) is 75.3 cm³/mol. The van der Waals surface area contributed by atoms with Crippen LogP contribution in [-0.4, -0.2) is 48.3 Å². The highest BCUT2D eigenvalue weighted by Gasteiger charge is 2.32. The van der Waals surface area contributed by atoms with Gasteiger partial charge in [-0.1, -0.05) is 11.3 Å². The average molecular weight is 312 g/mol. The summed E-state index contributed by atoms with van der Waals surface area (Å²) in [6.07, 6.45) is 1.54. The summed E-state index contributed by atoms with van der Waals surface area (Å²) in [5.41, 5.74) is 0. The minimum absolute atomic E-state index is 0.000918. The van der Waals surface area contributed by atoms with Crippen LogP contribution in [0.1, 0.15) is 22.5 Å². The lowest BCUT2D eigenvalue weighted by molar-refractivity contribution is -0.380. The molecule has 114 valence electrons. The second kappa shape index (κ2) is 6.08. The zero-order valence-electron chi connectivity index (χ0n) is 11.4. The molecule has 0 N–H and O–H groups in total. The van der Waals surface area contributed by atoms with E-state index in [1.807, 2.05) is 0 Å². The number of piperidine rings is 1. The lowest BCUT2D eigenvalue weighted by Crippen LogP contribution is -2.41. The standard InChI is InChI=1S/C13H16N2O5S/c16-12(10-1-2-11(21-10)15(17)18)14-5-3-9(4-6-14)13-19-7-8-20-13/h1-2,9,13H,3-8H2. The second-order valence-electron chi connectivity index (χ2n) is 5.13. The van der Waals surface area contributed by atoms with E-state index in [2.05, 4.69) is 0 Å². The van der Waals surface area contributed by atoms with Crippen LogP contribution in [-0.2, 0) is 9.47 Å². The Balaban J connectivity index is 1.58. The molecular formula is C13H16N2O5S. The van der Waals surface area contributed by atoms with E-state index in [1.165, 1.54) is 12.1 Å². The van der Waals surface area contributed by atoms with Gasteiger partial charge in [-0.3, -0.25) is 14.9 Å². The lowest BCUT2D eigenvalue weighted by atomic mass is 9.96. The first-order valence-electron chi connectivity index (χ1n) is 6.92. The number of ether oxygens (including phenoxy) is 2. The van der Waals surface area contributed by atoms with E-state index in [0.29, 0.717) is 37.1 Å². The first kappa shape index (κ1) is 14.4. The van der Waals surface area contributed by atoms with E-state index in [9.17, 15) is 14.9 Å². The molecule has 2 fully saturated rings. The molecule has 0 spiro atoms. The summed E-state index contributed by atoms with van der Waals surface area (Å²) in [7, 11) is 0. The van der Waals surface area contributed by atoms with Gasteiger partial charge in [0.05, 0.1) is 23.0 Å². The van der Waals surface area contributed by atoms with Gasteiger partial charge in [0.1, 0.15) is 0 Å². The van der Waals surface area contributed by atoms with Crippen molar-refractivity contribution in [3.8, 4) is 0 Å². The minimum atomic E-state index is -0.470. The van der Waals surface area contributed by atoms with Gasteiger partial charge in [0.25, 0.3) is 5.91 Å². The molecule has 8 heteroatoms. The van der Waals surface area contributed by atoms with Gasteiger partial charge in [-0.05, 0) is 18.9 Å². The van der Waals surface area contributed by atoms with E-state index >= 15 is 0 Å². The molecule has 0 aliphatic carbocycles. The van der Waals surface area contributed by atoms with Crippen molar-refractivity contribution in [3.63, 3.8) is 0 Å². The van der Waals surface area contributed by atoms with Crippen molar-refractivity contribution < 1.29 is 19.2 Å². The number of rotatable bonds is 3. The monoisotopic (exact) mass is 312 g/mol. The highest BCUT2D eigenvalue weighted by atomic mass is 32.1. The van der Waals surface area contributed by atoms with Crippen LogP contribution in [0.5, 0.6) is 0 Å². The van der Waals surface area contributed by atoms with E-state index < -0.39 is 4.92 Å². The van der Waals surface area contributed by atoms with Crippen molar-refractivity contribution >= 4 is 22.2 Å². The molecule has 0 saturated carbocycles. The Morgan fingerprint density at radius 1 is 1.29 bits per heavy atom. The minimum Gasteiger partial charge on any atom is -0.350 e. The van der Waals surface area contributed by atoms with Crippen LogP contribution >= 0.6 is 11.3 Å². The Bertz CT molecular complexity index is 532. The molecule has 2 aliphatic heterocycles. The Morgan fingerprint density at radius 2 is 1.95 bits per heavy atom. The number of amides is 1. The van der Waals surface area contributed by atoms with Gasteiger partial charge in [0.15, 0.2) is 6.29 Å². The maximum Gasteiger partial charge on any atom is 0.324 e. The van der Waals surface area contributed by atoms with Gasteiger partial charge in [-0.25, -0.2) is 0 Å². The zero-order chi connectivity index (χ0) is 14.8. The summed E-state index contributed by atoms with van der Waals surface area (Å²) in [5, 5.41) is 10.7. The fraction of sp³-hybridized carbons (Fsp3) is 0.615. The second-order valence-corrected chi connectivity index (χ2v) is 6.20. The largest absolute Gasteiger partial charge is 0.350 e. The molecule has 0 aromatic carbocycles. The maximum absolute atomic E-state index is 12.3. The lowest BCUT2D eigenvalue weighted by Gasteiger charge is -2.33. The number of nitro groups is 1. The Morgan fingerprint density at radius 3 is 2.52 bits per heavy atom. The van der Waals surface area contributed by atoms with E-state index in [0.717, 1.165) is 24.2 Å². The Labute approximate surface area is 125 Å². The number of carbonyl (C=O) groups excluding carboxylic acids is 1. The smallest absolute Gasteiger partial charge is 0.324 e. The highest BCUT2D eigenvalue weighted by molar-refractivity contribution is 7.17. The van der Waals surface area contributed by atoms with Crippen molar-refractivity contribution in [2.75, 3.05) is 26.3 Å². The molecule has 0 unspecified atom stereocenters. The van der Waals surface area contributed by atoms with E-state index in [-0.39, 0.29) is 17.2 Å². The van der Waals surface area contributed by atoms with E-state index in [4.69, 9.17) is 9.47 Å². The number of likely N-dealkylation sites (tertiary alicyclic amines) is 1. The van der Waals surface area contributed by atoms with Crippen molar-refractivity contribution in [2.24, 2.45) is 5.92 Å². The van der Waals surface area contributed by atoms with Crippen molar-refractivity contribution in [1.82, 2.24) is 4.90 Å². The molecule has 0 radical (unpaired) electrons. The maximum atomic E-state index is 12.3. The van der Waals surface area contributed by atoms with Crippen molar-refractivity contribution in [2.45, 2.75) is 19.1 Å². The molecule has 1 aromatic rings. The third-order valence-electron chi connectivity index (χ3n) is 3.84. The fourth-order valence-electron chi connectivity index (χ4n) is 2.72. The molecule has 2 aliphatic rings. The topological polar surface area (TPSA) is 81.9 Å². The Kier molecular flexibility index (Phi) is 4.18. The van der Waals surface area contributed by atoms with Gasteiger partial charge in [-0.2, -0.15) is 0 Å². The molecule has 1 amide bonds. The summed E-state index contributed by atoms with van der Waals surface area (Å²) in [6.45, 7) is 2.56. The summed E-state index contributed by atoms with van der Waals surface area (Å²) >= 11 is 0.929. The first-order chi connectivity index (χ1) is 10.1. The van der Waals surface area contributed by atoms with Gasteiger partial charge in [0, 0.05) is 25.1 Å². The van der Waals surface area contributed by atoms with Gasteiger partial charge >= 0.3 is 5.00 Å². The molecule has 1 aromatic heterocycles. The summed E-state index contributed by atoms with van der Waals surface area (Å²) in [4.78, 5) is 24.7. The normalized spacial score (nSPS) is 20.9. The van der Waals surface area contributed by atoms with Gasteiger partial charge < -0.3 is 14.4 Å². The SMILES string of the molecule is O=C(c1ccc([N+](=O)[O-])s1)N1CCC(C2OCCO2)CC1. The number of nitrogens with zero attached hydrogens (tertiary/aromatic N) is 2. The third-order valence-corrected chi connectivity index (χ3v) is 4.87. The number of hydrogen-bond acceptors (Lipinski definition) is 6. The van der Waals surface area contributed by atoms with Crippen LogP contribution < -0.4 is 0 Å². The van der Waals surface area contributed by atoms with Crippen molar-refractivity contribution in [1.29, 1.82) is 0 Å². The van der Waals surface area contributed by atoms with Gasteiger partial charge in [-0.15, -0.1) is 0 Å². The number of carbonyl (C=O) groups is 1. The number of thiophene rings is 1. The Hall–Kier alpha value is -1.51. The third kappa shape index (κ3) is 3.07. The summed E-state index contributed by atoms with van der Waals surface area (Å²) in [5.74, 6) is 0.203. The molecule has 21 heavy (non-hydrogen) atoms. The number of hydrogen-bond donors (Lipinski definition) is 0. The van der Waals surface area contributed by atoms with Crippen LogP contribution in [0.15, 0.2) is 12.1 Å². The van der Waals surface area contributed by atoms with Crippen LogP contribution in [0.2, 0.25) is 0 Å². The van der Waals surface area contributed by atoms with E-state index in [1.54, 1.807) is 4.90 Å². The van der Waals surface area contributed by atoms with Crippen LogP contribution in [0, 0.1) is 16.0 Å². The summed E-state index contributed by atoms with van der Waals surface area (Å²) in [6, 6.07) is 2.91. The molecular weight excluding hydrogens is 296 g/mol. The molecule has 3 rings (SSSR count). The van der Waals surface area contributed by atoms with Gasteiger partial charge in [0.2, 0.25) is 0 Å². The quantitative estimate of drug-likeness (QED) is 0.628. The van der Waals surface area contributed by atoms with Crippen molar-refractivity contribution in [3.05, 3.63) is 27.1 Å². The molecule has 3 heterocycles. The first-order valence-corrected chi connectivity index (χ1v) is 7.73. The molecule has 0 atom stereocenters. The highest BCUT2D eigenvalue weighted by Crippen LogP contribution is 2.29. The average Bonchev–Trinajstić information content (AvgIpc) is 3.18. The van der Waals surface area contributed by atoms with Crippen LogP contribution in [0.4, 0.5) is 5.00 Å². The fourth-order valence-corrected chi connectivity index (χ4v) is 3.51. The molecule has 7 nitrogen and oxygen atoms in total. The zero-order valence-corrected chi connectivity index (χ0v) is 12.2. The van der Waals surface area contributed by atoms with Crippen LogP contribution in [0.3, 0.4) is 0 Å². The summed E-state index contributed by atoms with van der Waals surface area (Å²) < 4.78 is 11.0. The van der Waals surface area contributed by atoms with Crippen LogP contribution in [0.25, 0.3) is 0 Å². The molecule has 2 saturated heterocycles.